The standard InChI is InChI=1S/C15H20FN3O/c1-4-19-14(7-10(2)18-19)13(17)9-11-5-6-15(20-3)12(16)8-11/h5-8,13H,4,9,17H2,1-3H3. The van der Waals surface area contributed by atoms with Gasteiger partial charge in [-0.05, 0) is 44.0 Å². The number of hydrogen-bond donors (Lipinski definition) is 1. The predicted molar refractivity (Wildman–Crippen MR) is 76.2 cm³/mol. The molecule has 2 aromatic rings. The van der Waals surface area contributed by atoms with Crippen LogP contribution in [0.5, 0.6) is 5.75 Å². The second-order valence-corrected chi connectivity index (χ2v) is 4.81. The molecule has 0 saturated heterocycles. The normalized spacial score (nSPS) is 12.4. The molecular formula is C15H20FN3O. The van der Waals surface area contributed by atoms with Crippen molar-refractivity contribution in [1.82, 2.24) is 9.78 Å². The molecule has 2 N–H and O–H groups in total. The van der Waals surface area contributed by atoms with Gasteiger partial charge in [-0.3, -0.25) is 4.68 Å². The number of benzene rings is 1. The van der Waals surface area contributed by atoms with E-state index in [1.54, 1.807) is 6.07 Å². The summed E-state index contributed by atoms with van der Waals surface area (Å²) < 4.78 is 20.5. The molecule has 20 heavy (non-hydrogen) atoms. The van der Waals surface area contributed by atoms with Gasteiger partial charge in [0.15, 0.2) is 11.6 Å². The van der Waals surface area contributed by atoms with Gasteiger partial charge < -0.3 is 10.5 Å². The van der Waals surface area contributed by atoms with Gasteiger partial charge in [0.05, 0.1) is 24.5 Å². The van der Waals surface area contributed by atoms with E-state index in [1.165, 1.54) is 13.2 Å². The first kappa shape index (κ1) is 14.5. The van der Waals surface area contributed by atoms with E-state index in [0.717, 1.165) is 23.5 Å². The van der Waals surface area contributed by atoms with Crippen LogP contribution < -0.4 is 10.5 Å². The highest BCUT2D eigenvalue weighted by molar-refractivity contribution is 5.30. The Morgan fingerprint density at radius 1 is 1.40 bits per heavy atom. The van der Waals surface area contributed by atoms with Crippen molar-refractivity contribution in [2.75, 3.05) is 7.11 Å². The molecule has 0 aliphatic rings. The van der Waals surface area contributed by atoms with Gasteiger partial charge >= 0.3 is 0 Å². The van der Waals surface area contributed by atoms with E-state index in [-0.39, 0.29) is 17.6 Å². The van der Waals surface area contributed by atoms with Crippen LogP contribution in [-0.2, 0) is 13.0 Å². The maximum Gasteiger partial charge on any atom is 0.165 e. The summed E-state index contributed by atoms with van der Waals surface area (Å²) in [7, 11) is 1.45. The van der Waals surface area contributed by atoms with Crippen LogP contribution in [0.2, 0.25) is 0 Å². The maximum absolute atomic E-state index is 13.7. The lowest BCUT2D eigenvalue weighted by atomic mass is 10.0. The Morgan fingerprint density at radius 2 is 2.15 bits per heavy atom. The van der Waals surface area contributed by atoms with Gasteiger partial charge in [0, 0.05) is 6.54 Å². The van der Waals surface area contributed by atoms with Crippen LogP contribution in [0, 0.1) is 12.7 Å². The van der Waals surface area contributed by atoms with Gasteiger partial charge in [0.1, 0.15) is 0 Å². The quantitative estimate of drug-likeness (QED) is 0.914. The van der Waals surface area contributed by atoms with Gasteiger partial charge in [-0.15, -0.1) is 0 Å². The van der Waals surface area contributed by atoms with Crippen molar-refractivity contribution in [2.45, 2.75) is 32.9 Å². The third-order valence-electron chi connectivity index (χ3n) is 3.28. The molecule has 0 aliphatic carbocycles. The van der Waals surface area contributed by atoms with E-state index in [0.29, 0.717) is 6.42 Å². The number of halogens is 1. The van der Waals surface area contributed by atoms with Gasteiger partial charge in [0.25, 0.3) is 0 Å². The molecule has 5 heteroatoms. The number of methoxy groups -OCH3 is 1. The van der Waals surface area contributed by atoms with Crippen molar-refractivity contribution < 1.29 is 9.13 Å². The lowest BCUT2D eigenvalue weighted by molar-refractivity contribution is 0.386. The minimum atomic E-state index is -0.364. The van der Waals surface area contributed by atoms with Crippen molar-refractivity contribution in [3.05, 3.63) is 47.0 Å². The monoisotopic (exact) mass is 277 g/mol. The van der Waals surface area contributed by atoms with Crippen molar-refractivity contribution in [3.8, 4) is 5.75 Å². The Labute approximate surface area is 118 Å². The Balaban J connectivity index is 2.18. The average molecular weight is 277 g/mol. The molecule has 0 spiro atoms. The number of rotatable bonds is 5. The highest BCUT2D eigenvalue weighted by Gasteiger charge is 2.14. The molecule has 1 aromatic carbocycles. The number of nitrogens with zero attached hydrogens (tertiary/aromatic N) is 2. The summed E-state index contributed by atoms with van der Waals surface area (Å²) in [5, 5.41) is 4.38. The molecule has 0 radical (unpaired) electrons. The molecule has 1 aromatic heterocycles. The molecule has 1 atom stereocenters. The fourth-order valence-corrected chi connectivity index (χ4v) is 2.31. The summed E-state index contributed by atoms with van der Waals surface area (Å²) in [5.74, 6) is -0.117. The minimum Gasteiger partial charge on any atom is -0.494 e. The molecule has 1 unspecified atom stereocenters. The first-order chi connectivity index (χ1) is 9.55. The smallest absolute Gasteiger partial charge is 0.165 e. The van der Waals surface area contributed by atoms with Crippen LogP contribution in [0.4, 0.5) is 4.39 Å². The van der Waals surface area contributed by atoms with Gasteiger partial charge in [-0.2, -0.15) is 5.10 Å². The fraction of sp³-hybridized carbons (Fsp3) is 0.400. The Morgan fingerprint density at radius 3 is 2.75 bits per heavy atom. The molecule has 0 aliphatic heterocycles. The molecule has 1 heterocycles. The molecule has 0 amide bonds. The fourth-order valence-electron chi connectivity index (χ4n) is 2.31. The van der Waals surface area contributed by atoms with Crippen LogP contribution in [-0.4, -0.2) is 16.9 Å². The second kappa shape index (κ2) is 6.05. The predicted octanol–water partition coefficient (Wildman–Crippen LogP) is 2.60. The number of ether oxygens (including phenoxy) is 1. The first-order valence-corrected chi connectivity index (χ1v) is 6.67. The number of aromatic nitrogens is 2. The summed E-state index contributed by atoms with van der Waals surface area (Å²) in [6.45, 7) is 4.74. The Bertz CT molecular complexity index is 595. The number of nitrogens with two attached hydrogens (primary N) is 1. The highest BCUT2D eigenvalue weighted by atomic mass is 19.1. The summed E-state index contributed by atoms with van der Waals surface area (Å²) in [6, 6.07) is 6.71. The molecule has 108 valence electrons. The van der Waals surface area contributed by atoms with Gasteiger partial charge in [0.2, 0.25) is 0 Å². The second-order valence-electron chi connectivity index (χ2n) is 4.81. The summed E-state index contributed by atoms with van der Waals surface area (Å²) in [4.78, 5) is 0. The van der Waals surface area contributed by atoms with Crippen LogP contribution in [0.1, 0.15) is 29.9 Å². The van der Waals surface area contributed by atoms with Crippen LogP contribution in [0.25, 0.3) is 0 Å². The van der Waals surface area contributed by atoms with E-state index in [4.69, 9.17) is 10.5 Å². The highest BCUT2D eigenvalue weighted by Crippen LogP contribution is 2.22. The topological polar surface area (TPSA) is 53.1 Å². The van der Waals surface area contributed by atoms with E-state index < -0.39 is 0 Å². The zero-order chi connectivity index (χ0) is 14.7. The number of aryl methyl sites for hydroxylation is 2. The van der Waals surface area contributed by atoms with E-state index in [1.807, 2.05) is 30.7 Å². The van der Waals surface area contributed by atoms with Crippen molar-refractivity contribution in [3.63, 3.8) is 0 Å². The average Bonchev–Trinajstić information content (AvgIpc) is 2.80. The Hall–Kier alpha value is -1.88. The lowest BCUT2D eigenvalue weighted by Crippen LogP contribution is -2.18. The van der Waals surface area contributed by atoms with Crippen LogP contribution >= 0.6 is 0 Å². The maximum atomic E-state index is 13.7. The molecule has 0 fully saturated rings. The van der Waals surface area contributed by atoms with Crippen LogP contribution in [0.15, 0.2) is 24.3 Å². The first-order valence-electron chi connectivity index (χ1n) is 6.67. The summed E-state index contributed by atoms with van der Waals surface area (Å²) >= 11 is 0. The molecular weight excluding hydrogens is 257 g/mol. The Kier molecular flexibility index (Phi) is 4.39. The van der Waals surface area contributed by atoms with Crippen LogP contribution in [0.3, 0.4) is 0 Å². The lowest BCUT2D eigenvalue weighted by Gasteiger charge is -2.14. The van der Waals surface area contributed by atoms with Crippen molar-refractivity contribution in [1.29, 1.82) is 0 Å². The van der Waals surface area contributed by atoms with Gasteiger partial charge in [-0.1, -0.05) is 6.07 Å². The van der Waals surface area contributed by atoms with E-state index >= 15 is 0 Å². The molecule has 0 saturated carbocycles. The minimum absolute atomic E-state index is 0.205. The third kappa shape index (κ3) is 2.99. The zero-order valence-electron chi connectivity index (χ0n) is 12.1. The number of hydrogen-bond acceptors (Lipinski definition) is 3. The van der Waals surface area contributed by atoms with E-state index in [9.17, 15) is 4.39 Å². The van der Waals surface area contributed by atoms with Gasteiger partial charge in [-0.25, -0.2) is 4.39 Å². The largest absolute Gasteiger partial charge is 0.494 e. The van der Waals surface area contributed by atoms with E-state index in [2.05, 4.69) is 5.10 Å². The molecule has 4 nitrogen and oxygen atoms in total. The molecule has 2 rings (SSSR count). The molecule has 0 bridgehead atoms. The third-order valence-corrected chi connectivity index (χ3v) is 3.28. The zero-order valence-corrected chi connectivity index (χ0v) is 12.1. The van der Waals surface area contributed by atoms with Crippen molar-refractivity contribution in [2.24, 2.45) is 5.73 Å². The summed E-state index contributed by atoms with van der Waals surface area (Å²) in [6.07, 6.45) is 0.562. The van der Waals surface area contributed by atoms with Crippen molar-refractivity contribution >= 4 is 0 Å². The summed E-state index contributed by atoms with van der Waals surface area (Å²) in [5.41, 5.74) is 8.98. The SMILES string of the molecule is CCn1nc(C)cc1C(N)Cc1ccc(OC)c(F)c1.